The minimum absolute atomic E-state index is 0.266. The second-order valence-electron chi connectivity index (χ2n) is 7.70. The van der Waals surface area contributed by atoms with Crippen LogP contribution in [0.4, 0.5) is 0 Å². The Morgan fingerprint density at radius 1 is 1.29 bits per heavy atom. The highest BCUT2D eigenvalue weighted by Gasteiger charge is 2.32. The maximum absolute atomic E-state index is 10.1. The molecule has 1 aliphatic carbocycles. The van der Waals surface area contributed by atoms with E-state index >= 15 is 0 Å². The SMILES string of the molecule is C[C@@H]1CC(C)(C)CC[C@H]1NC[C@H](O)COC1CCOCC1. The predicted octanol–water partition coefficient (Wildman–Crippen LogP) is 2.35. The molecule has 124 valence electrons. The largest absolute Gasteiger partial charge is 0.389 e. The molecule has 1 saturated heterocycles. The molecule has 2 aliphatic rings. The number of nitrogens with one attached hydrogen (secondary N) is 1. The molecule has 1 heterocycles. The average molecular weight is 299 g/mol. The van der Waals surface area contributed by atoms with Crippen LogP contribution in [0.5, 0.6) is 0 Å². The van der Waals surface area contributed by atoms with Crippen molar-refractivity contribution >= 4 is 0 Å². The van der Waals surface area contributed by atoms with E-state index in [1.807, 2.05) is 0 Å². The van der Waals surface area contributed by atoms with Crippen molar-refractivity contribution in [3.05, 3.63) is 0 Å². The van der Waals surface area contributed by atoms with E-state index in [0.29, 0.717) is 30.5 Å². The first kappa shape index (κ1) is 17.2. The molecule has 0 radical (unpaired) electrons. The van der Waals surface area contributed by atoms with Gasteiger partial charge in [-0.05, 0) is 43.4 Å². The Morgan fingerprint density at radius 2 is 2.00 bits per heavy atom. The van der Waals surface area contributed by atoms with Gasteiger partial charge in [0.25, 0.3) is 0 Å². The molecule has 4 nitrogen and oxygen atoms in total. The van der Waals surface area contributed by atoms with Gasteiger partial charge in [0.1, 0.15) is 0 Å². The second-order valence-corrected chi connectivity index (χ2v) is 7.70. The van der Waals surface area contributed by atoms with Gasteiger partial charge >= 0.3 is 0 Å². The Morgan fingerprint density at radius 3 is 2.67 bits per heavy atom. The zero-order valence-electron chi connectivity index (χ0n) is 13.9. The minimum atomic E-state index is -0.407. The fourth-order valence-corrected chi connectivity index (χ4v) is 3.69. The van der Waals surface area contributed by atoms with Gasteiger partial charge in [-0.25, -0.2) is 0 Å². The molecule has 0 aromatic rings. The summed E-state index contributed by atoms with van der Waals surface area (Å²) in [5.74, 6) is 0.678. The molecule has 1 saturated carbocycles. The molecule has 2 rings (SSSR count). The van der Waals surface area contributed by atoms with Crippen LogP contribution >= 0.6 is 0 Å². The zero-order valence-corrected chi connectivity index (χ0v) is 13.9. The van der Waals surface area contributed by atoms with Crippen LogP contribution in [0.15, 0.2) is 0 Å². The summed E-state index contributed by atoms with van der Waals surface area (Å²) in [7, 11) is 0. The van der Waals surface area contributed by atoms with Gasteiger partial charge in [0.05, 0.1) is 18.8 Å². The van der Waals surface area contributed by atoms with Crippen LogP contribution in [0.25, 0.3) is 0 Å². The molecule has 0 amide bonds. The van der Waals surface area contributed by atoms with Crippen molar-refractivity contribution < 1.29 is 14.6 Å². The molecule has 0 spiro atoms. The highest BCUT2D eigenvalue weighted by atomic mass is 16.5. The van der Waals surface area contributed by atoms with Crippen molar-refractivity contribution in [3.8, 4) is 0 Å². The van der Waals surface area contributed by atoms with E-state index in [-0.39, 0.29) is 6.10 Å². The van der Waals surface area contributed by atoms with Gasteiger partial charge in [-0.1, -0.05) is 20.8 Å². The third kappa shape index (κ3) is 5.85. The van der Waals surface area contributed by atoms with Crippen LogP contribution in [0.3, 0.4) is 0 Å². The number of hydrogen-bond acceptors (Lipinski definition) is 4. The Bertz CT molecular complexity index is 302. The first-order valence-corrected chi connectivity index (χ1v) is 8.57. The molecule has 0 aromatic carbocycles. The summed E-state index contributed by atoms with van der Waals surface area (Å²) in [5.41, 5.74) is 0.475. The quantitative estimate of drug-likeness (QED) is 0.790. The fourth-order valence-electron chi connectivity index (χ4n) is 3.69. The third-order valence-electron chi connectivity index (χ3n) is 5.00. The van der Waals surface area contributed by atoms with E-state index in [1.54, 1.807) is 0 Å². The smallest absolute Gasteiger partial charge is 0.0897 e. The molecule has 2 N–H and O–H groups in total. The van der Waals surface area contributed by atoms with Crippen molar-refractivity contribution in [3.63, 3.8) is 0 Å². The van der Waals surface area contributed by atoms with E-state index in [1.165, 1.54) is 19.3 Å². The molecule has 0 aromatic heterocycles. The standard InChI is InChI=1S/C17H33NO3/c1-13-10-17(2,3)7-4-16(13)18-11-14(19)12-21-15-5-8-20-9-6-15/h13-16,18-19H,4-12H2,1-3H3/t13-,14+,16-/m1/s1. The first-order chi connectivity index (χ1) is 9.96. The van der Waals surface area contributed by atoms with Crippen LogP contribution in [-0.2, 0) is 9.47 Å². The Labute approximate surface area is 129 Å². The summed E-state index contributed by atoms with van der Waals surface area (Å²) < 4.78 is 11.1. The Balaban J connectivity index is 1.61. The molecule has 1 aliphatic heterocycles. The molecule has 0 unspecified atom stereocenters. The normalized spacial score (nSPS) is 32.0. The van der Waals surface area contributed by atoms with Crippen molar-refractivity contribution in [2.24, 2.45) is 11.3 Å². The Hall–Kier alpha value is -0.160. The molecular formula is C17H33NO3. The molecule has 21 heavy (non-hydrogen) atoms. The highest BCUT2D eigenvalue weighted by Crippen LogP contribution is 2.38. The summed E-state index contributed by atoms with van der Waals surface area (Å²) in [4.78, 5) is 0. The number of aliphatic hydroxyl groups is 1. The van der Waals surface area contributed by atoms with E-state index in [0.717, 1.165) is 26.1 Å². The van der Waals surface area contributed by atoms with Gasteiger partial charge in [0, 0.05) is 25.8 Å². The molecular weight excluding hydrogens is 266 g/mol. The van der Waals surface area contributed by atoms with Crippen molar-refractivity contribution in [2.75, 3.05) is 26.4 Å². The maximum Gasteiger partial charge on any atom is 0.0897 e. The summed E-state index contributed by atoms with van der Waals surface area (Å²) >= 11 is 0. The predicted molar refractivity (Wildman–Crippen MR) is 84.4 cm³/mol. The monoisotopic (exact) mass is 299 g/mol. The number of aliphatic hydroxyl groups excluding tert-OH is 1. The van der Waals surface area contributed by atoms with Gasteiger partial charge in [-0.15, -0.1) is 0 Å². The van der Waals surface area contributed by atoms with Crippen LogP contribution in [0, 0.1) is 11.3 Å². The third-order valence-corrected chi connectivity index (χ3v) is 5.00. The summed E-state index contributed by atoms with van der Waals surface area (Å²) in [6, 6.07) is 0.538. The van der Waals surface area contributed by atoms with E-state index in [4.69, 9.17) is 9.47 Å². The van der Waals surface area contributed by atoms with Crippen LogP contribution in [0.1, 0.15) is 52.9 Å². The van der Waals surface area contributed by atoms with Crippen molar-refractivity contribution in [1.29, 1.82) is 0 Å². The second kappa shape index (κ2) is 7.91. The first-order valence-electron chi connectivity index (χ1n) is 8.57. The minimum Gasteiger partial charge on any atom is -0.389 e. The average Bonchev–Trinajstić information content (AvgIpc) is 2.44. The van der Waals surface area contributed by atoms with E-state index in [2.05, 4.69) is 26.1 Å². The van der Waals surface area contributed by atoms with Crippen molar-refractivity contribution in [1.82, 2.24) is 5.32 Å². The Kier molecular flexibility index (Phi) is 6.48. The molecule has 4 heteroatoms. The van der Waals surface area contributed by atoms with E-state index in [9.17, 15) is 5.11 Å². The van der Waals surface area contributed by atoms with Gasteiger partial charge in [0.15, 0.2) is 0 Å². The van der Waals surface area contributed by atoms with Crippen molar-refractivity contribution in [2.45, 2.75) is 71.1 Å². The van der Waals surface area contributed by atoms with E-state index < -0.39 is 6.10 Å². The molecule has 3 atom stereocenters. The van der Waals surface area contributed by atoms with Crippen LogP contribution in [-0.4, -0.2) is 49.7 Å². The fraction of sp³-hybridized carbons (Fsp3) is 1.00. The number of rotatable bonds is 6. The van der Waals surface area contributed by atoms with Gasteiger partial charge in [-0.3, -0.25) is 0 Å². The van der Waals surface area contributed by atoms with Crippen LogP contribution < -0.4 is 5.32 Å². The molecule has 0 bridgehead atoms. The van der Waals surface area contributed by atoms with Gasteiger partial charge < -0.3 is 19.9 Å². The van der Waals surface area contributed by atoms with Crippen LogP contribution in [0.2, 0.25) is 0 Å². The summed E-state index contributed by atoms with van der Waals surface area (Å²) in [6.45, 7) is 9.68. The lowest BCUT2D eigenvalue weighted by atomic mass is 9.70. The van der Waals surface area contributed by atoms with Gasteiger partial charge in [-0.2, -0.15) is 0 Å². The summed E-state index contributed by atoms with van der Waals surface area (Å²) in [5, 5.41) is 13.6. The topological polar surface area (TPSA) is 50.7 Å². The lowest BCUT2D eigenvalue weighted by Gasteiger charge is -2.40. The summed E-state index contributed by atoms with van der Waals surface area (Å²) in [6.07, 6.45) is 5.51. The maximum atomic E-state index is 10.1. The lowest BCUT2D eigenvalue weighted by Crippen LogP contribution is -2.45. The van der Waals surface area contributed by atoms with Gasteiger partial charge in [0.2, 0.25) is 0 Å². The number of hydrogen-bond donors (Lipinski definition) is 2. The zero-order chi connectivity index (χ0) is 15.3. The lowest BCUT2D eigenvalue weighted by molar-refractivity contribution is -0.0593. The molecule has 2 fully saturated rings. The highest BCUT2D eigenvalue weighted by molar-refractivity contribution is 4.87. The number of ether oxygens (including phenoxy) is 2.